The van der Waals surface area contributed by atoms with E-state index in [0.29, 0.717) is 0 Å². The van der Waals surface area contributed by atoms with Gasteiger partial charge in [-0.3, -0.25) is 0 Å². The average Bonchev–Trinajstić information content (AvgIpc) is 2.49. The molecule has 3 heteroatoms. The molecule has 3 nitrogen and oxygen atoms in total. The fraction of sp³-hybridized carbons (Fsp3) is 0.235. The van der Waals surface area contributed by atoms with Crippen molar-refractivity contribution in [2.24, 2.45) is 0 Å². The Balaban J connectivity index is 0. The zero-order chi connectivity index (χ0) is 13.2. The zero-order valence-electron chi connectivity index (χ0n) is 10.6. The minimum Gasteiger partial charge on any atom is -0.388 e. The molecule has 0 bridgehead atoms. The normalized spacial score (nSPS) is 7.70. The highest BCUT2D eigenvalue weighted by atomic mass is 16.1. The topological polar surface area (TPSA) is 32.1 Å². The molecule has 0 unspecified atom stereocenters. The van der Waals surface area contributed by atoms with Crippen LogP contribution in [0.1, 0.15) is 14.9 Å². The number of hydrogen-bond acceptors (Lipinski definition) is 2. The average molecular weight is 273 g/mol. The lowest BCUT2D eigenvalue weighted by Crippen LogP contribution is -1.92. The third-order valence-electron chi connectivity index (χ3n) is 2.34. The first-order chi connectivity index (χ1) is 8.77. The fourth-order valence-corrected chi connectivity index (χ4v) is 1.31. The first-order valence-electron chi connectivity index (χ1n) is 5.67. The van der Waals surface area contributed by atoms with Crippen molar-refractivity contribution in [1.29, 1.82) is 0 Å². The highest BCUT2D eigenvalue weighted by Crippen LogP contribution is 2.06. The van der Waals surface area contributed by atoms with Gasteiger partial charge in [0.2, 0.25) is 5.69 Å². The first kappa shape index (κ1) is 19.9. The molecular weight excluding hydrogens is 248 g/mol. The summed E-state index contributed by atoms with van der Waals surface area (Å²) in [6.07, 6.45) is 1.76. The Bertz CT molecular complexity index is 503. The van der Waals surface area contributed by atoms with Crippen molar-refractivity contribution < 1.29 is 9.37 Å². The summed E-state index contributed by atoms with van der Waals surface area (Å²) in [4.78, 5) is 10.1. The van der Waals surface area contributed by atoms with E-state index in [2.05, 4.69) is 5.32 Å². The Kier molecular flexibility index (Phi) is 11.7. The van der Waals surface area contributed by atoms with Crippen LogP contribution < -0.4 is 5.32 Å². The van der Waals surface area contributed by atoms with Crippen molar-refractivity contribution >= 4 is 17.5 Å². The van der Waals surface area contributed by atoms with Crippen molar-refractivity contribution in [2.75, 3.05) is 19.4 Å². The lowest BCUT2D eigenvalue weighted by atomic mass is 10.3. The van der Waals surface area contributed by atoms with Crippen LogP contribution in [0.5, 0.6) is 0 Å². The molecule has 0 aliphatic heterocycles. The van der Waals surface area contributed by atoms with Crippen molar-refractivity contribution in [2.45, 2.75) is 14.9 Å². The van der Waals surface area contributed by atoms with E-state index in [0.717, 1.165) is 11.4 Å². The Morgan fingerprint density at radius 2 is 1.35 bits per heavy atom. The summed E-state index contributed by atoms with van der Waals surface area (Å²) in [5.41, 5.74) is 2.02. The number of anilines is 1. The number of nitrogens with zero attached hydrogens (tertiary/aromatic N) is 1. The van der Waals surface area contributed by atoms with Gasteiger partial charge < -0.3 is 5.32 Å². The van der Waals surface area contributed by atoms with E-state index >= 15 is 0 Å². The van der Waals surface area contributed by atoms with Gasteiger partial charge in [0.25, 0.3) is 0 Å². The molecule has 0 aromatic heterocycles. The molecule has 0 spiro atoms. The Morgan fingerprint density at radius 3 is 1.70 bits per heavy atom. The number of benzene rings is 2. The molecule has 0 aliphatic carbocycles. The summed E-state index contributed by atoms with van der Waals surface area (Å²) >= 11 is 0. The highest BCUT2D eigenvalue weighted by molar-refractivity contribution is 5.41. The summed E-state index contributed by atoms with van der Waals surface area (Å²) in [5.74, 6) is 0. The van der Waals surface area contributed by atoms with E-state index in [1.807, 2.05) is 67.7 Å². The van der Waals surface area contributed by atoms with E-state index in [1.165, 1.54) is 4.58 Å². The van der Waals surface area contributed by atoms with Gasteiger partial charge >= 0.3 is 6.08 Å². The van der Waals surface area contributed by atoms with Gasteiger partial charge in [0, 0.05) is 24.9 Å². The molecular formula is C17H25N2O+. The molecule has 0 aliphatic rings. The molecule has 108 valence electrons. The molecule has 0 fully saturated rings. The third-order valence-corrected chi connectivity index (χ3v) is 2.34. The van der Waals surface area contributed by atoms with Gasteiger partial charge in [0.05, 0.1) is 0 Å². The minimum atomic E-state index is 0. The van der Waals surface area contributed by atoms with E-state index in [9.17, 15) is 4.79 Å². The van der Waals surface area contributed by atoms with E-state index < -0.39 is 0 Å². The summed E-state index contributed by atoms with van der Waals surface area (Å²) in [6.45, 7) is 0. The number of hydrogen-bond donors (Lipinski definition) is 1. The summed E-state index contributed by atoms with van der Waals surface area (Å²) < 4.78 is 1.40. The van der Waals surface area contributed by atoms with Crippen molar-refractivity contribution in [1.82, 2.24) is 0 Å². The summed E-state index contributed by atoms with van der Waals surface area (Å²) in [5, 5.41) is 3.03. The van der Waals surface area contributed by atoms with Crippen LogP contribution in [0.4, 0.5) is 11.4 Å². The molecule has 0 saturated carbocycles. The maximum Gasteiger partial charge on any atom is 0.430 e. The minimum absolute atomic E-state index is 0. The second kappa shape index (κ2) is 11.7. The lowest BCUT2D eigenvalue weighted by Gasteiger charge is -1.94. The predicted octanol–water partition coefficient (Wildman–Crippen LogP) is 4.30. The van der Waals surface area contributed by atoms with Crippen LogP contribution in [-0.4, -0.2) is 24.8 Å². The van der Waals surface area contributed by atoms with Crippen molar-refractivity contribution in [3.05, 3.63) is 60.7 Å². The van der Waals surface area contributed by atoms with Gasteiger partial charge in [0.1, 0.15) is 0 Å². The quantitative estimate of drug-likeness (QED) is 0.502. The van der Waals surface area contributed by atoms with Gasteiger partial charge in [-0.1, -0.05) is 51.3 Å². The molecule has 20 heavy (non-hydrogen) atoms. The standard InChI is InChI=1S/C8H8NO.C7H9N.2CH4/c1-9(7-10)8-5-3-2-4-6-8;1-8-7-5-3-2-4-6-7;;/h2-6H,1H3;2-6,8H,1H3;2*1H4/q+1;;;. The molecule has 0 atom stereocenters. The van der Waals surface area contributed by atoms with E-state index in [1.54, 1.807) is 13.1 Å². The fourth-order valence-electron chi connectivity index (χ4n) is 1.31. The van der Waals surface area contributed by atoms with Gasteiger partial charge in [-0.05, 0) is 12.1 Å². The van der Waals surface area contributed by atoms with E-state index in [4.69, 9.17) is 0 Å². The summed E-state index contributed by atoms with van der Waals surface area (Å²) in [7, 11) is 3.58. The largest absolute Gasteiger partial charge is 0.430 e. The van der Waals surface area contributed by atoms with Crippen LogP contribution >= 0.6 is 0 Å². The van der Waals surface area contributed by atoms with Crippen LogP contribution in [0.25, 0.3) is 0 Å². The Hall–Kier alpha value is -2.38. The maximum atomic E-state index is 10.1. The second-order valence-corrected chi connectivity index (χ2v) is 3.60. The van der Waals surface area contributed by atoms with Crippen LogP contribution in [-0.2, 0) is 4.79 Å². The van der Waals surface area contributed by atoms with Crippen LogP contribution in [0, 0.1) is 0 Å². The number of rotatable bonds is 2. The van der Waals surface area contributed by atoms with Crippen LogP contribution in [0.3, 0.4) is 0 Å². The SMILES string of the molecule is C.C.CNc1ccccc1.C[N+](=C=O)c1ccccc1. The monoisotopic (exact) mass is 273 g/mol. The number of carbonyl (C=O) groups excluding carboxylic acids is 1. The number of para-hydroxylation sites is 2. The third kappa shape index (κ3) is 7.14. The zero-order valence-corrected chi connectivity index (χ0v) is 10.6. The lowest BCUT2D eigenvalue weighted by molar-refractivity contribution is -0.401. The first-order valence-corrected chi connectivity index (χ1v) is 5.67. The molecule has 2 aromatic rings. The van der Waals surface area contributed by atoms with Gasteiger partial charge in [0.15, 0.2) is 7.05 Å². The molecule has 0 saturated heterocycles. The predicted molar refractivity (Wildman–Crippen MR) is 87.4 cm³/mol. The highest BCUT2D eigenvalue weighted by Gasteiger charge is 1.98. The van der Waals surface area contributed by atoms with Crippen LogP contribution in [0.2, 0.25) is 0 Å². The second-order valence-electron chi connectivity index (χ2n) is 3.60. The smallest absolute Gasteiger partial charge is 0.388 e. The number of nitrogens with one attached hydrogen (secondary N) is 1. The van der Waals surface area contributed by atoms with Gasteiger partial charge in [-0.25, -0.2) is 0 Å². The van der Waals surface area contributed by atoms with Gasteiger partial charge in [-0.15, -0.1) is 4.58 Å². The maximum absolute atomic E-state index is 10.1. The van der Waals surface area contributed by atoms with Crippen LogP contribution in [0.15, 0.2) is 60.7 Å². The molecule has 0 heterocycles. The molecule has 0 radical (unpaired) electrons. The summed E-state index contributed by atoms with van der Waals surface area (Å²) in [6, 6.07) is 19.4. The molecule has 2 rings (SSSR count). The molecule has 0 amide bonds. The van der Waals surface area contributed by atoms with Crippen molar-refractivity contribution in [3.8, 4) is 0 Å². The van der Waals surface area contributed by atoms with Gasteiger partial charge in [-0.2, -0.15) is 4.79 Å². The Labute approximate surface area is 122 Å². The molecule has 1 N–H and O–H groups in total. The van der Waals surface area contributed by atoms with E-state index in [-0.39, 0.29) is 14.9 Å². The number of isocyanates is 1. The molecule has 2 aromatic carbocycles. The van der Waals surface area contributed by atoms with Crippen molar-refractivity contribution in [3.63, 3.8) is 0 Å². The Morgan fingerprint density at radius 1 is 0.900 bits per heavy atom.